The fourth-order valence-electron chi connectivity index (χ4n) is 2.96. The van der Waals surface area contributed by atoms with E-state index in [1.165, 1.54) is 60.8 Å². The van der Waals surface area contributed by atoms with Crippen LogP contribution in [0.25, 0.3) is 0 Å². The highest BCUT2D eigenvalue weighted by molar-refractivity contribution is 6.05. The highest BCUT2D eigenvalue weighted by atomic mass is 19.1. The zero-order valence-corrected chi connectivity index (χ0v) is 17.6. The van der Waals surface area contributed by atoms with Gasteiger partial charge in [-0.3, -0.25) is 0 Å². The molecule has 3 rings (SSSR count). The number of methoxy groups -OCH3 is 2. The van der Waals surface area contributed by atoms with Gasteiger partial charge in [0.05, 0.1) is 25.5 Å². The van der Waals surface area contributed by atoms with Crippen molar-refractivity contribution in [2.75, 3.05) is 29.8 Å². The summed E-state index contributed by atoms with van der Waals surface area (Å²) in [6.07, 6.45) is 5.72. The summed E-state index contributed by atoms with van der Waals surface area (Å²) in [4.78, 5) is 37.9. The molecule has 170 valence electrons. The van der Waals surface area contributed by atoms with E-state index in [-0.39, 0.29) is 22.6 Å². The van der Waals surface area contributed by atoms with Crippen LogP contribution >= 0.6 is 0 Å². The summed E-state index contributed by atoms with van der Waals surface area (Å²) >= 11 is 0. The van der Waals surface area contributed by atoms with Crippen molar-refractivity contribution in [2.24, 2.45) is 0 Å². The van der Waals surface area contributed by atoms with Gasteiger partial charge in [0.25, 0.3) is 0 Å². The van der Waals surface area contributed by atoms with E-state index in [1.54, 1.807) is 0 Å². The number of esters is 2. The SMILES string of the molecule is COC(=O)C1=C(C(=O)OC)N(c2ccc(NC(=O)Nc3ccc(F)cc3)cc2F)C=CC=C1. The minimum atomic E-state index is -0.883. The van der Waals surface area contributed by atoms with Crippen molar-refractivity contribution in [1.29, 1.82) is 0 Å². The number of ether oxygens (including phenoxy) is 2. The van der Waals surface area contributed by atoms with Crippen molar-refractivity contribution in [2.45, 2.75) is 0 Å². The Bertz CT molecular complexity index is 1170. The number of halogens is 2. The summed E-state index contributed by atoms with van der Waals surface area (Å²) in [5.74, 6) is -2.94. The third-order valence-electron chi connectivity index (χ3n) is 4.46. The second-order valence-corrected chi connectivity index (χ2v) is 6.57. The molecule has 0 spiro atoms. The predicted octanol–water partition coefficient (Wildman–Crippen LogP) is 4.10. The average Bonchev–Trinajstić information content (AvgIpc) is 3.02. The normalized spacial score (nSPS) is 12.8. The minimum Gasteiger partial charge on any atom is -0.465 e. The number of hydrogen-bond donors (Lipinski definition) is 2. The van der Waals surface area contributed by atoms with Crippen LogP contribution in [0.2, 0.25) is 0 Å². The van der Waals surface area contributed by atoms with Crippen LogP contribution in [-0.2, 0) is 19.1 Å². The molecular formula is C23H19F2N3O5. The Balaban J connectivity index is 1.88. The summed E-state index contributed by atoms with van der Waals surface area (Å²) in [5.41, 5.74) is -0.000134. The Morgan fingerprint density at radius 3 is 2.12 bits per heavy atom. The van der Waals surface area contributed by atoms with E-state index in [0.29, 0.717) is 5.69 Å². The second-order valence-electron chi connectivity index (χ2n) is 6.57. The van der Waals surface area contributed by atoms with E-state index < -0.39 is 29.6 Å². The maximum atomic E-state index is 15.0. The molecule has 0 radical (unpaired) electrons. The van der Waals surface area contributed by atoms with E-state index in [9.17, 15) is 18.8 Å². The van der Waals surface area contributed by atoms with E-state index in [4.69, 9.17) is 9.47 Å². The van der Waals surface area contributed by atoms with E-state index in [0.717, 1.165) is 25.2 Å². The minimum absolute atomic E-state index is 0.0822. The standard InChI is InChI=1S/C23H19F2N3O5/c1-32-21(29)17-5-3-4-12-28(20(17)22(30)33-2)19-11-10-16(13-18(19)25)27-23(31)26-15-8-6-14(24)7-9-15/h3-13H,1-2H3,(H2,26,27,31). The Morgan fingerprint density at radius 1 is 0.848 bits per heavy atom. The highest BCUT2D eigenvalue weighted by Crippen LogP contribution is 2.30. The molecule has 2 aromatic rings. The maximum absolute atomic E-state index is 15.0. The number of carbonyl (C=O) groups excluding carboxylic acids is 3. The van der Waals surface area contributed by atoms with Crippen LogP contribution < -0.4 is 15.5 Å². The fraction of sp³-hybridized carbons (Fsp3) is 0.0870. The van der Waals surface area contributed by atoms with Crippen LogP contribution in [0.15, 0.2) is 78.2 Å². The van der Waals surface area contributed by atoms with Crippen LogP contribution in [0.1, 0.15) is 0 Å². The van der Waals surface area contributed by atoms with Gasteiger partial charge in [0.2, 0.25) is 0 Å². The first-order valence-electron chi connectivity index (χ1n) is 9.52. The van der Waals surface area contributed by atoms with Gasteiger partial charge in [-0.25, -0.2) is 23.2 Å². The molecule has 1 heterocycles. The first-order valence-corrected chi connectivity index (χ1v) is 9.52. The zero-order valence-electron chi connectivity index (χ0n) is 17.6. The van der Waals surface area contributed by atoms with Gasteiger partial charge in [-0.15, -0.1) is 0 Å². The van der Waals surface area contributed by atoms with E-state index >= 15 is 4.39 Å². The molecule has 1 aliphatic heterocycles. The van der Waals surface area contributed by atoms with Gasteiger partial charge in [0.15, 0.2) is 0 Å². The van der Waals surface area contributed by atoms with Crippen molar-refractivity contribution in [3.8, 4) is 0 Å². The van der Waals surface area contributed by atoms with Crippen molar-refractivity contribution >= 4 is 35.0 Å². The topological polar surface area (TPSA) is 97.0 Å². The monoisotopic (exact) mass is 455 g/mol. The molecule has 33 heavy (non-hydrogen) atoms. The number of nitrogens with one attached hydrogen (secondary N) is 2. The second kappa shape index (κ2) is 10.2. The predicted molar refractivity (Wildman–Crippen MR) is 117 cm³/mol. The summed E-state index contributed by atoms with van der Waals surface area (Å²) in [6.45, 7) is 0. The number of urea groups is 1. The Hall–Kier alpha value is -4.47. The molecule has 0 aliphatic carbocycles. The molecule has 0 unspecified atom stereocenters. The summed E-state index contributed by atoms with van der Waals surface area (Å²) in [6, 6.07) is 8.20. The van der Waals surface area contributed by atoms with E-state index in [2.05, 4.69) is 10.6 Å². The lowest BCUT2D eigenvalue weighted by molar-refractivity contribution is -0.139. The summed E-state index contributed by atoms with van der Waals surface area (Å²) in [7, 11) is 2.28. The average molecular weight is 455 g/mol. The van der Waals surface area contributed by atoms with Crippen LogP contribution in [-0.4, -0.2) is 32.2 Å². The molecule has 1 aliphatic rings. The smallest absolute Gasteiger partial charge is 0.355 e. The molecule has 0 aromatic heterocycles. The highest BCUT2D eigenvalue weighted by Gasteiger charge is 2.28. The Morgan fingerprint density at radius 2 is 1.48 bits per heavy atom. The summed E-state index contributed by atoms with van der Waals surface area (Å²) < 4.78 is 37.5. The van der Waals surface area contributed by atoms with E-state index in [1.807, 2.05) is 0 Å². The lowest BCUT2D eigenvalue weighted by Crippen LogP contribution is -2.27. The van der Waals surface area contributed by atoms with Gasteiger partial charge in [-0.1, -0.05) is 6.08 Å². The molecule has 0 atom stereocenters. The molecule has 0 saturated carbocycles. The first kappa shape index (κ1) is 23.2. The lowest BCUT2D eigenvalue weighted by atomic mass is 10.1. The number of amides is 2. The Labute approximate surface area is 187 Å². The quantitative estimate of drug-likeness (QED) is 0.659. The zero-order chi connectivity index (χ0) is 24.0. The van der Waals surface area contributed by atoms with Gasteiger partial charge in [-0.05, 0) is 54.6 Å². The van der Waals surface area contributed by atoms with Crippen LogP contribution in [0, 0.1) is 11.6 Å². The molecule has 8 nitrogen and oxygen atoms in total. The summed E-state index contributed by atoms with van der Waals surface area (Å²) in [5, 5.41) is 4.95. The van der Waals surface area contributed by atoms with Crippen LogP contribution in [0.3, 0.4) is 0 Å². The maximum Gasteiger partial charge on any atom is 0.355 e. The third-order valence-corrected chi connectivity index (χ3v) is 4.46. The molecular weight excluding hydrogens is 436 g/mol. The van der Waals surface area contributed by atoms with Gasteiger partial charge in [-0.2, -0.15) is 0 Å². The van der Waals surface area contributed by atoms with Gasteiger partial charge in [0, 0.05) is 17.6 Å². The van der Waals surface area contributed by atoms with Crippen molar-refractivity contribution in [1.82, 2.24) is 0 Å². The Kier molecular flexibility index (Phi) is 7.19. The molecule has 2 N–H and O–H groups in total. The van der Waals surface area contributed by atoms with Crippen molar-refractivity contribution in [3.05, 3.63) is 89.8 Å². The molecule has 0 saturated heterocycles. The number of benzene rings is 2. The largest absolute Gasteiger partial charge is 0.465 e. The van der Waals surface area contributed by atoms with Gasteiger partial charge < -0.3 is 25.0 Å². The molecule has 2 aromatic carbocycles. The number of rotatable bonds is 5. The fourth-order valence-corrected chi connectivity index (χ4v) is 2.96. The lowest BCUT2D eigenvalue weighted by Gasteiger charge is -2.23. The van der Waals surface area contributed by atoms with Crippen molar-refractivity contribution < 1.29 is 32.6 Å². The molecule has 10 heteroatoms. The van der Waals surface area contributed by atoms with Crippen molar-refractivity contribution in [3.63, 3.8) is 0 Å². The third kappa shape index (κ3) is 5.42. The molecule has 0 fully saturated rings. The number of carbonyl (C=O) groups is 3. The van der Waals surface area contributed by atoms with Gasteiger partial charge in [0.1, 0.15) is 17.3 Å². The van der Waals surface area contributed by atoms with Crippen LogP contribution in [0.5, 0.6) is 0 Å². The number of hydrogen-bond acceptors (Lipinski definition) is 6. The first-order chi connectivity index (χ1) is 15.8. The number of nitrogens with zero attached hydrogens (tertiary/aromatic N) is 1. The van der Waals surface area contributed by atoms with Crippen LogP contribution in [0.4, 0.5) is 30.6 Å². The number of allylic oxidation sites excluding steroid dienone is 2. The van der Waals surface area contributed by atoms with Gasteiger partial charge >= 0.3 is 18.0 Å². The molecule has 2 amide bonds. The number of anilines is 3. The molecule has 0 bridgehead atoms.